The number of allylic oxidation sites excluding steroid dienone is 1. The van der Waals surface area contributed by atoms with E-state index in [1.165, 1.54) is 0 Å². The molecule has 1 unspecified atom stereocenters. The van der Waals surface area contributed by atoms with Crippen LogP contribution >= 0.6 is 11.6 Å². The number of carbonyl (C=O) groups excluding carboxylic acids is 1. The fraction of sp³-hybridized carbons (Fsp3) is 0.115. The van der Waals surface area contributed by atoms with Gasteiger partial charge in [-0.25, -0.2) is 4.79 Å². The second kappa shape index (κ2) is 8.92. The zero-order valence-electron chi connectivity index (χ0n) is 17.9. The SMILES string of the molecule is CC1=C(c2nc(-c3ccccc3)no2)C(c2cccc(Cl)c2)NC(=O)N1Cc1ccccc1. The maximum Gasteiger partial charge on any atom is 0.322 e. The molecule has 0 saturated carbocycles. The van der Waals surface area contributed by atoms with Gasteiger partial charge in [-0.15, -0.1) is 0 Å². The zero-order chi connectivity index (χ0) is 22.8. The number of hydrogen-bond acceptors (Lipinski definition) is 4. The Kier molecular flexibility index (Phi) is 5.67. The number of aromatic nitrogens is 2. The molecule has 1 N–H and O–H groups in total. The third-order valence-electron chi connectivity index (χ3n) is 5.65. The van der Waals surface area contributed by atoms with E-state index in [9.17, 15) is 4.79 Å². The molecule has 0 aliphatic carbocycles. The van der Waals surface area contributed by atoms with Gasteiger partial charge in [0.25, 0.3) is 5.89 Å². The lowest BCUT2D eigenvalue weighted by molar-refractivity contribution is 0.203. The molecule has 3 aromatic carbocycles. The molecule has 1 aliphatic heterocycles. The van der Waals surface area contributed by atoms with Gasteiger partial charge in [0, 0.05) is 16.3 Å². The smallest absolute Gasteiger partial charge is 0.322 e. The van der Waals surface area contributed by atoms with Gasteiger partial charge in [0.1, 0.15) is 0 Å². The highest BCUT2D eigenvalue weighted by molar-refractivity contribution is 6.30. The van der Waals surface area contributed by atoms with Crippen molar-refractivity contribution in [2.24, 2.45) is 0 Å². The van der Waals surface area contributed by atoms with E-state index in [0.29, 0.717) is 23.3 Å². The van der Waals surface area contributed by atoms with Crippen molar-refractivity contribution in [1.29, 1.82) is 0 Å². The van der Waals surface area contributed by atoms with Gasteiger partial charge >= 0.3 is 6.03 Å². The Morgan fingerprint density at radius 3 is 2.45 bits per heavy atom. The number of benzene rings is 3. The lowest BCUT2D eigenvalue weighted by Gasteiger charge is -2.35. The van der Waals surface area contributed by atoms with Gasteiger partial charge in [0.05, 0.1) is 18.2 Å². The molecular weight excluding hydrogens is 436 g/mol. The number of carbonyl (C=O) groups is 1. The quantitative estimate of drug-likeness (QED) is 0.394. The predicted octanol–water partition coefficient (Wildman–Crippen LogP) is 6.09. The Labute approximate surface area is 196 Å². The van der Waals surface area contributed by atoms with E-state index in [1.807, 2.05) is 85.8 Å². The van der Waals surface area contributed by atoms with E-state index < -0.39 is 6.04 Å². The number of hydrogen-bond donors (Lipinski definition) is 1. The van der Waals surface area contributed by atoms with Crippen molar-refractivity contribution in [2.45, 2.75) is 19.5 Å². The summed E-state index contributed by atoms with van der Waals surface area (Å²) >= 11 is 6.26. The molecule has 0 fully saturated rings. The average molecular weight is 457 g/mol. The molecule has 6 nitrogen and oxygen atoms in total. The zero-order valence-corrected chi connectivity index (χ0v) is 18.7. The van der Waals surface area contributed by atoms with Crippen LogP contribution in [0.25, 0.3) is 17.0 Å². The normalized spacial score (nSPS) is 16.1. The number of nitrogens with zero attached hydrogens (tertiary/aromatic N) is 3. The van der Waals surface area contributed by atoms with Gasteiger partial charge < -0.3 is 9.84 Å². The maximum atomic E-state index is 13.2. The van der Waals surface area contributed by atoms with Gasteiger partial charge in [-0.3, -0.25) is 4.90 Å². The van der Waals surface area contributed by atoms with Crippen molar-refractivity contribution in [1.82, 2.24) is 20.4 Å². The number of urea groups is 1. The number of halogens is 1. The fourth-order valence-corrected chi connectivity index (χ4v) is 4.19. The van der Waals surface area contributed by atoms with Crippen molar-refractivity contribution in [3.05, 3.63) is 113 Å². The van der Waals surface area contributed by atoms with E-state index in [-0.39, 0.29) is 6.03 Å². The van der Waals surface area contributed by atoms with Crippen molar-refractivity contribution in [3.63, 3.8) is 0 Å². The third kappa shape index (κ3) is 4.25. The summed E-state index contributed by atoms with van der Waals surface area (Å²) in [5.74, 6) is 0.844. The summed E-state index contributed by atoms with van der Waals surface area (Å²) in [5, 5.41) is 7.88. The molecule has 2 amide bonds. The van der Waals surface area contributed by atoms with Crippen LogP contribution < -0.4 is 5.32 Å². The molecule has 164 valence electrons. The molecule has 33 heavy (non-hydrogen) atoms. The Morgan fingerprint density at radius 1 is 1.00 bits per heavy atom. The van der Waals surface area contributed by atoms with Crippen LogP contribution in [0.15, 0.2) is 95.1 Å². The first kappa shape index (κ1) is 21.0. The molecule has 0 bridgehead atoms. The highest BCUT2D eigenvalue weighted by Gasteiger charge is 2.35. The Hall–Kier alpha value is -3.90. The standard InChI is InChI=1S/C26H21ClN4O2/c1-17-22(25-29-24(30-33-25)19-11-6-3-7-12-19)23(20-13-8-14-21(27)15-20)28-26(32)31(17)16-18-9-4-2-5-10-18/h2-15,23H,16H2,1H3,(H,28,32). The van der Waals surface area contributed by atoms with E-state index >= 15 is 0 Å². The van der Waals surface area contributed by atoms with Crippen molar-refractivity contribution >= 4 is 23.2 Å². The summed E-state index contributed by atoms with van der Waals surface area (Å²) in [6.45, 7) is 2.32. The van der Waals surface area contributed by atoms with Crippen LogP contribution in [0, 0.1) is 0 Å². The number of rotatable bonds is 5. The Balaban J connectivity index is 1.61. The van der Waals surface area contributed by atoms with Crippen LogP contribution in [0.2, 0.25) is 5.02 Å². The fourth-order valence-electron chi connectivity index (χ4n) is 3.99. The van der Waals surface area contributed by atoms with Crippen molar-refractivity contribution < 1.29 is 9.32 Å². The minimum absolute atomic E-state index is 0.201. The lowest BCUT2D eigenvalue weighted by Crippen LogP contribution is -2.45. The molecule has 0 saturated heterocycles. The largest absolute Gasteiger partial charge is 0.334 e. The summed E-state index contributed by atoms with van der Waals surface area (Å²) in [6, 6.07) is 26.2. The number of nitrogens with one attached hydrogen (secondary N) is 1. The van der Waals surface area contributed by atoms with Crippen LogP contribution in [0.4, 0.5) is 4.79 Å². The first-order valence-electron chi connectivity index (χ1n) is 10.6. The monoisotopic (exact) mass is 456 g/mol. The molecule has 1 aliphatic rings. The number of amides is 2. The van der Waals surface area contributed by atoms with E-state index in [2.05, 4.69) is 15.5 Å². The maximum absolute atomic E-state index is 13.2. The van der Waals surface area contributed by atoms with Crippen LogP contribution in [-0.2, 0) is 6.54 Å². The van der Waals surface area contributed by atoms with Crippen molar-refractivity contribution in [2.75, 3.05) is 0 Å². The average Bonchev–Trinajstić information content (AvgIpc) is 3.32. The third-order valence-corrected chi connectivity index (χ3v) is 5.89. The first-order valence-corrected chi connectivity index (χ1v) is 11.0. The van der Waals surface area contributed by atoms with Crippen molar-refractivity contribution in [3.8, 4) is 11.4 Å². The highest BCUT2D eigenvalue weighted by Crippen LogP contribution is 2.38. The second-order valence-corrected chi connectivity index (χ2v) is 8.23. The predicted molar refractivity (Wildman–Crippen MR) is 127 cm³/mol. The van der Waals surface area contributed by atoms with Gasteiger partial charge in [0.2, 0.25) is 5.82 Å². The summed E-state index contributed by atoms with van der Waals surface area (Å²) in [5.41, 5.74) is 4.19. The second-order valence-electron chi connectivity index (χ2n) is 7.80. The topological polar surface area (TPSA) is 71.3 Å². The molecule has 1 atom stereocenters. The molecule has 4 aromatic rings. The van der Waals surface area contributed by atoms with E-state index in [1.54, 1.807) is 11.0 Å². The van der Waals surface area contributed by atoms with Gasteiger partial charge in [-0.1, -0.05) is 89.6 Å². The minimum Gasteiger partial charge on any atom is -0.334 e. The molecule has 1 aromatic heterocycles. The molecule has 0 radical (unpaired) electrons. The first-order chi connectivity index (χ1) is 16.1. The molecule has 0 spiro atoms. The summed E-state index contributed by atoms with van der Waals surface area (Å²) in [6.07, 6.45) is 0. The van der Waals surface area contributed by atoms with Gasteiger partial charge in [0.15, 0.2) is 0 Å². The molecular formula is C26H21ClN4O2. The van der Waals surface area contributed by atoms with Gasteiger partial charge in [-0.05, 0) is 30.2 Å². The summed E-state index contributed by atoms with van der Waals surface area (Å²) in [7, 11) is 0. The Morgan fingerprint density at radius 2 is 1.73 bits per heavy atom. The summed E-state index contributed by atoms with van der Waals surface area (Å²) < 4.78 is 5.71. The van der Waals surface area contributed by atoms with Crippen LogP contribution in [0.1, 0.15) is 30.0 Å². The minimum atomic E-state index is -0.479. The van der Waals surface area contributed by atoms with Gasteiger partial charge in [-0.2, -0.15) is 4.98 Å². The molecule has 2 heterocycles. The lowest BCUT2D eigenvalue weighted by atomic mass is 9.94. The van der Waals surface area contributed by atoms with Crippen LogP contribution in [0.5, 0.6) is 0 Å². The van der Waals surface area contributed by atoms with Crippen LogP contribution in [-0.4, -0.2) is 21.1 Å². The van der Waals surface area contributed by atoms with E-state index in [4.69, 9.17) is 16.1 Å². The Bertz CT molecular complexity index is 1320. The summed E-state index contributed by atoms with van der Waals surface area (Å²) in [4.78, 5) is 19.5. The molecule has 5 rings (SSSR count). The van der Waals surface area contributed by atoms with Crippen LogP contribution in [0.3, 0.4) is 0 Å². The highest BCUT2D eigenvalue weighted by atomic mass is 35.5. The van der Waals surface area contributed by atoms with E-state index in [0.717, 1.165) is 28.0 Å². The molecule has 7 heteroatoms.